The number of hydrogen-bond donors (Lipinski definition) is 1. The van der Waals surface area contributed by atoms with Crippen LogP contribution in [0, 0.1) is 5.92 Å². The Kier molecular flexibility index (Phi) is 5.27. The fourth-order valence-electron chi connectivity index (χ4n) is 3.91. The third-order valence-electron chi connectivity index (χ3n) is 5.27. The van der Waals surface area contributed by atoms with Gasteiger partial charge in [0, 0.05) is 25.1 Å². The molecular formula is C18H24F3NO3. The number of nitrogens with zero attached hydrogens (tertiary/aromatic N) is 1. The summed E-state index contributed by atoms with van der Waals surface area (Å²) in [7, 11) is 0. The van der Waals surface area contributed by atoms with Crippen LogP contribution in [-0.2, 0) is 11.3 Å². The molecule has 0 spiro atoms. The van der Waals surface area contributed by atoms with E-state index in [9.17, 15) is 18.3 Å². The summed E-state index contributed by atoms with van der Waals surface area (Å²) in [4.78, 5) is 2.30. The molecule has 3 rings (SSSR count). The monoisotopic (exact) mass is 359 g/mol. The second kappa shape index (κ2) is 7.13. The molecule has 3 atom stereocenters. The van der Waals surface area contributed by atoms with E-state index in [4.69, 9.17) is 4.74 Å². The number of benzene rings is 1. The van der Waals surface area contributed by atoms with Crippen molar-refractivity contribution in [1.29, 1.82) is 0 Å². The van der Waals surface area contributed by atoms with Crippen molar-refractivity contribution in [2.75, 3.05) is 19.8 Å². The maximum Gasteiger partial charge on any atom is 0.573 e. The number of rotatable bonds is 4. The zero-order chi connectivity index (χ0) is 18.1. The average molecular weight is 359 g/mol. The van der Waals surface area contributed by atoms with E-state index in [2.05, 4.69) is 9.64 Å². The van der Waals surface area contributed by atoms with Crippen LogP contribution in [0.5, 0.6) is 5.75 Å². The minimum Gasteiger partial charge on any atom is -0.406 e. The highest BCUT2D eigenvalue weighted by atomic mass is 19.4. The van der Waals surface area contributed by atoms with Crippen LogP contribution in [0.2, 0.25) is 0 Å². The number of likely N-dealkylation sites (tertiary alicyclic amines) is 1. The van der Waals surface area contributed by atoms with Crippen molar-refractivity contribution in [2.24, 2.45) is 5.92 Å². The maximum absolute atomic E-state index is 12.2. The van der Waals surface area contributed by atoms with Crippen molar-refractivity contribution in [3.8, 4) is 5.75 Å². The molecule has 7 heteroatoms. The summed E-state index contributed by atoms with van der Waals surface area (Å²) in [5.41, 5.74) is 0.188. The van der Waals surface area contributed by atoms with Gasteiger partial charge in [0.1, 0.15) is 5.75 Å². The summed E-state index contributed by atoms with van der Waals surface area (Å²) in [5, 5.41) is 10.7. The smallest absolute Gasteiger partial charge is 0.406 e. The zero-order valence-electron chi connectivity index (χ0n) is 14.3. The van der Waals surface area contributed by atoms with Gasteiger partial charge in [-0.15, -0.1) is 13.2 Å². The summed E-state index contributed by atoms with van der Waals surface area (Å²) in [6.45, 7) is 4.56. The van der Waals surface area contributed by atoms with Gasteiger partial charge in [0.2, 0.25) is 0 Å². The van der Waals surface area contributed by atoms with E-state index in [0.717, 1.165) is 24.9 Å². The highest BCUT2D eigenvalue weighted by molar-refractivity contribution is 5.27. The Morgan fingerprint density at radius 2 is 2.04 bits per heavy atom. The zero-order valence-corrected chi connectivity index (χ0v) is 14.3. The molecule has 140 valence electrons. The van der Waals surface area contributed by atoms with Gasteiger partial charge in [0.25, 0.3) is 0 Å². The highest BCUT2D eigenvalue weighted by Gasteiger charge is 2.43. The summed E-state index contributed by atoms with van der Waals surface area (Å²) < 4.78 is 46.2. The molecule has 0 saturated carbocycles. The maximum atomic E-state index is 12.2. The molecule has 0 amide bonds. The predicted molar refractivity (Wildman–Crippen MR) is 86.1 cm³/mol. The number of hydrogen-bond acceptors (Lipinski definition) is 4. The van der Waals surface area contributed by atoms with E-state index >= 15 is 0 Å². The standard InChI is InChI=1S/C18H24F3NO3/c1-17(23)8-10-24-12-15(17)16-3-2-9-22(16)11-13-4-6-14(7-5-13)25-18(19,20)21/h4-7,15-16,23H,2-3,8-12H2,1H3/t15-,16-,17+/m1/s1. The fourth-order valence-corrected chi connectivity index (χ4v) is 3.91. The number of ether oxygens (including phenoxy) is 2. The van der Waals surface area contributed by atoms with Crippen molar-refractivity contribution >= 4 is 0 Å². The first-order valence-corrected chi connectivity index (χ1v) is 8.63. The molecular weight excluding hydrogens is 335 g/mol. The molecule has 0 radical (unpaired) electrons. The average Bonchev–Trinajstić information content (AvgIpc) is 2.95. The molecule has 2 saturated heterocycles. The van der Waals surface area contributed by atoms with Gasteiger partial charge in [0.15, 0.2) is 0 Å². The van der Waals surface area contributed by atoms with E-state index in [-0.39, 0.29) is 17.7 Å². The lowest BCUT2D eigenvalue weighted by Crippen LogP contribution is -2.52. The Hall–Kier alpha value is -1.31. The molecule has 0 bridgehead atoms. The summed E-state index contributed by atoms with van der Waals surface area (Å²) in [6, 6.07) is 6.22. The summed E-state index contributed by atoms with van der Waals surface area (Å²) >= 11 is 0. The van der Waals surface area contributed by atoms with Crippen LogP contribution in [-0.4, -0.2) is 47.8 Å². The molecule has 1 aromatic carbocycles. The fraction of sp³-hybridized carbons (Fsp3) is 0.667. The van der Waals surface area contributed by atoms with Gasteiger partial charge in [-0.25, -0.2) is 0 Å². The van der Waals surface area contributed by atoms with E-state index < -0.39 is 12.0 Å². The lowest BCUT2D eigenvalue weighted by molar-refractivity contribution is -0.274. The molecule has 0 aliphatic carbocycles. The Morgan fingerprint density at radius 3 is 2.68 bits per heavy atom. The van der Waals surface area contributed by atoms with E-state index in [1.165, 1.54) is 12.1 Å². The Balaban J connectivity index is 1.65. The van der Waals surface area contributed by atoms with Gasteiger partial charge in [-0.05, 0) is 50.4 Å². The quantitative estimate of drug-likeness (QED) is 0.895. The highest BCUT2D eigenvalue weighted by Crippen LogP contribution is 2.36. The first-order chi connectivity index (χ1) is 11.7. The third kappa shape index (κ3) is 4.65. The Morgan fingerprint density at radius 1 is 1.32 bits per heavy atom. The van der Waals surface area contributed by atoms with Crippen LogP contribution < -0.4 is 4.74 Å². The molecule has 2 fully saturated rings. The molecule has 1 aromatic rings. The van der Waals surface area contributed by atoms with Crippen LogP contribution in [0.4, 0.5) is 13.2 Å². The van der Waals surface area contributed by atoms with Gasteiger partial charge in [-0.1, -0.05) is 12.1 Å². The van der Waals surface area contributed by atoms with E-state index in [1.54, 1.807) is 12.1 Å². The van der Waals surface area contributed by atoms with Crippen LogP contribution in [0.25, 0.3) is 0 Å². The SMILES string of the molecule is C[C@]1(O)CCOC[C@@H]1[C@H]1CCCN1Cc1ccc(OC(F)(F)F)cc1. The molecule has 2 heterocycles. The largest absolute Gasteiger partial charge is 0.573 e. The van der Waals surface area contributed by atoms with Crippen LogP contribution in [0.1, 0.15) is 31.7 Å². The van der Waals surface area contributed by atoms with Crippen LogP contribution >= 0.6 is 0 Å². The van der Waals surface area contributed by atoms with Crippen molar-refractivity contribution in [3.63, 3.8) is 0 Å². The second-order valence-electron chi connectivity index (χ2n) is 7.16. The summed E-state index contributed by atoms with van der Waals surface area (Å²) in [6.07, 6.45) is -1.99. The van der Waals surface area contributed by atoms with Gasteiger partial charge >= 0.3 is 6.36 Å². The van der Waals surface area contributed by atoms with Gasteiger partial charge in [0.05, 0.1) is 12.2 Å². The summed E-state index contributed by atoms with van der Waals surface area (Å²) in [5.74, 6) is -0.158. The molecule has 2 aliphatic heterocycles. The third-order valence-corrected chi connectivity index (χ3v) is 5.27. The first kappa shape index (κ1) is 18.5. The molecule has 0 aromatic heterocycles. The van der Waals surface area contributed by atoms with Crippen molar-refractivity contribution < 1.29 is 27.8 Å². The second-order valence-corrected chi connectivity index (χ2v) is 7.16. The lowest BCUT2D eigenvalue weighted by atomic mass is 9.79. The number of aliphatic hydroxyl groups is 1. The van der Waals surface area contributed by atoms with E-state index in [0.29, 0.717) is 26.2 Å². The molecule has 1 N–H and O–H groups in total. The van der Waals surface area contributed by atoms with Crippen molar-refractivity contribution in [1.82, 2.24) is 4.90 Å². The molecule has 0 unspecified atom stereocenters. The minimum absolute atomic E-state index is 0.0524. The van der Waals surface area contributed by atoms with Crippen LogP contribution in [0.3, 0.4) is 0 Å². The lowest BCUT2D eigenvalue weighted by Gasteiger charge is -2.43. The first-order valence-electron chi connectivity index (χ1n) is 8.63. The number of alkyl halides is 3. The molecule has 4 nitrogen and oxygen atoms in total. The molecule has 25 heavy (non-hydrogen) atoms. The van der Waals surface area contributed by atoms with Gasteiger partial charge < -0.3 is 14.6 Å². The van der Waals surface area contributed by atoms with Gasteiger partial charge in [-0.2, -0.15) is 0 Å². The normalized spacial score (nSPS) is 31.2. The Bertz CT molecular complexity index is 574. The van der Waals surface area contributed by atoms with Gasteiger partial charge in [-0.3, -0.25) is 4.90 Å². The molecule has 2 aliphatic rings. The number of halogens is 3. The Labute approximate surface area is 145 Å². The van der Waals surface area contributed by atoms with Crippen molar-refractivity contribution in [2.45, 2.75) is 50.7 Å². The van der Waals surface area contributed by atoms with E-state index in [1.807, 2.05) is 6.92 Å². The topological polar surface area (TPSA) is 41.9 Å². The predicted octanol–water partition coefficient (Wildman–Crippen LogP) is 3.34. The van der Waals surface area contributed by atoms with Crippen LogP contribution in [0.15, 0.2) is 24.3 Å². The minimum atomic E-state index is -4.67. The van der Waals surface area contributed by atoms with Crippen molar-refractivity contribution in [3.05, 3.63) is 29.8 Å².